The molecule has 2 nitrogen and oxygen atoms in total. The molecule has 0 saturated heterocycles. The summed E-state index contributed by atoms with van der Waals surface area (Å²) in [5.74, 6) is 0. The van der Waals surface area contributed by atoms with Crippen molar-refractivity contribution in [1.29, 1.82) is 0 Å². The van der Waals surface area contributed by atoms with Crippen LogP contribution in [0.2, 0.25) is 0 Å². The fourth-order valence-electron chi connectivity index (χ4n) is 0.883. The van der Waals surface area contributed by atoms with Crippen molar-refractivity contribution < 1.29 is 5.11 Å². The van der Waals surface area contributed by atoms with E-state index in [0.717, 1.165) is 10.4 Å². The second-order valence-corrected chi connectivity index (χ2v) is 3.75. The molecular formula is C8H13NOS. The summed E-state index contributed by atoms with van der Waals surface area (Å²) in [6.45, 7) is 2.01. The Morgan fingerprint density at radius 2 is 2.18 bits per heavy atom. The van der Waals surface area contributed by atoms with Crippen molar-refractivity contribution in [2.75, 3.05) is 14.1 Å². The minimum atomic E-state index is -0.449. The van der Waals surface area contributed by atoms with E-state index in [-0.39, 0.29) is 0 Å². The van der Waals surface area contributed by atoms with Gasteiger partial charge < -0.3 is 5.11 Å². The van der Waals surface area contributed by atoms with Gasteiger partial charge in [-0.3, -0.25) is 4.90 Å². The Balaban J connectivity index is 2.84. The summed E-state index contributed by atoms with van der Waals surface area (Å²) in [5, 5.41) is 11.6. The van der Waals surface area contributed by atoms with Gasteiger partial charge in [-0.2, -0.15) is 0 Å². The van der Waals surface area contributed by atoms with Crippen LogP contribution in [0.25, 0.3) is 0 Å². The van der Waals surface area contributed by atoms with Crippen molar-refractivity contribution in [1.82, 2.24) is 4.90 Å². The highest BCUT2D eigenvalue weighted by molar-refractivity contribution is 7.10. The van der Waals surface area contributed by atoms with E-state index in [9.17, 15) is 5.11 Å². The van der Waals surface area contributed by atoms with E-state index in [1.165, 1.54) is 0 Å². The van der Waals surface area contributed by atoms with Crippen LogP contribution in [-0.2, 0) is 0 Å². The van der Waals surface area contributed by atoms with Crippen molar-refractivity contribution in [3.8, 4) is 0 Å². The molecule has 1 rings (SSSR count). The van der Waals surface area contributed by atoms with Gasteiger partial charge in [-0.25, -0.2) is 0 Å². The normalized spacial score (nSPS) is 13.9. The third-order valence-corrected chi connectivity index (χ3v) is 2.68. The second kappa shape index (κ2) is 3.34. The molecule has 1 atom stereocenters. The van der Waals surface area contributed by atoms with E-state index in [4.69, 9.17) is 0 Å². The van der Waals surface area contributed by atoms with E-state index in [2.05, 4.69) is 0 Å². The van der Waals surface area contributed by atoms with Gasteiger partial charge in [0.15, 0.2) is 0 Å². The molecule has 0 saturated carbocycles. The predicted octanol–water partition coefficient (Wildman–Crippen LogP) is 1.61. The first-order valence-electron chi connectivity index (χ1n) is 3.51. The Hall–Kier alpha value is -0.380. The standard InChI is InChI=1S/C8H13NOS/c1-6-4-5-11-7(6)8(10)9(2)3/h4-5,8,10H,1-3H3. The molecule has 0 aromatic carbocycles. The Morgan fingerprint density at radius 3 is 2.55 bits per heavy atom. The van der Waals surface area contributed by atoms with Crippen LogP contribution in [0.1, 0.15) is 16.7 Å². The molecule has 0 aliphatic rings. The number of aliphatic hydroxyl groups is 1. The summed E-state index contributed by atoms with van der Waals surface area (Å²) in [7, 11) is 3.73. The number of aryl methyl sites for hydroxylation is 1. The van der Waals surface area contributed by atoms with Crippen molar-refractivity contribution in [2.45, 2.75) is 13.2 Å². The van der Waals surface area contributed by atoms with Crippen LogP contribution in [0.15, 0.2) is 11.4 Å². The van der Waals surface area contributed by atoms with Gasteiger partial charge in [0.25, 0.3) is 0 Å². The summed E-state index contributed by atoms with van der Waals surface area (Å²) < 4.78 is 0. The predicted molar refractivity (Wildman–Crippen MR) is 47.7 cm³/mol. The lowest BCUT2D eigenvalue weighted by atomic mass is 10.2. The van der Waals surface area contributed by atoms with Crippen molar-refractivity contribution in [2.24, 2.45) is 0 Å². The Bertz CT molecular complexity index is 232. The van der Waals surface area contributed by atoms with Gasteiger partial charge in [-0.15, -0.1) is 11.3 Å². The van der Waals surface area contributed by atoms with Crippen molar-refractivity contribution in [3.63, 3.8) is 0 Å². The summed E-state index contributed by atoms with van der Waals surface area (Å²) in [6, 6.07) is 2.02. The smallest absolute Gasteiger partial charge is 0.142 e. The lowest BCUT2D eigenvalue weighted by molar-refractivity contribution is 0.0422. The van der Waals surface area contributed by atoms with Crippen LogP contribution in [-0.4, -0.2) is 24.1 Å². The minimum Gasteiger partial charge on any atom is -0.373 e. The Labute approximate surface area is 71.1 Å². The number of nitrogens with zero attached hydrogens (tertiary/aromatic N) is 1. The molecule has 0 aliphatic carbocycles. The SMILES string of the molecule is Cc1ccsc1C(O)N(C)C. The Morgan fingerprint density at radius 1 is 1.55 bits per heavy atom. The molecular weight excluding hydrogens is 158 g/mol. The third kappa shape index (κ3) is 1.80. The second-order valence-electron chi connectivity index (χ2n) is 2.81. The monoisotopic (exact) mass is 171 g/mol. The molecule has 11 heavy (non-hydrogen) atoms. The van der Waals surface area contributed by atoms with E-state index in [1.807, 2.05) is 32.5 Å². The zero-order valence-corrected chi connectivity index (χ0v) is 7.85. The maximum Gasteiger partial charge on any atom is 0.142 e. The highest BCUT2D eigenvalue weighted by Gasteiger charge is 2.12. The minimum absolute atomic E-state index is 0.449. The number of aliphatic hydroxyl groups excluding tert-OH is 1. The van der Waals surface area contributed by atoms with Crippen molar-refractivity contribution >= 4 is 11.3 Å². The zero-order chi connectivity index (χ0) is 8.43. The summed E-state index contributed by atoms with van der Waals surface area (Å²) in [4.78, 5) is 2.83. The molecule has 0 aliphatic heterocycles. The zero-order valence-electron chi connectivity index (χ0n) is 7.03. The largest absolute Gasteiger partial charge is 0.373 e. The molecule has 62 valence electrons. The van der Waals surface area contributed by atoms with Crippen LogP contribution in [0.5, 0.6) is 0 Å². The average Bonchev–Trinajstić information content (AvgIpc) is 2.33. The molecule has 1 N–H and O–H groups in total. The van der Waals surface area contributed by atoms with E-state index >= 15 is 0 Å². The molecule has 0 bridgehead atoms. The summed E-state index contributed by atoms with van der Waals surface area (Å²) in [5.41, 5.74) is 1.16. The van der Waals surface area contributed by atoms with Crippen LogP contribution < -0.4 is 0 Å². The third-order valence-electron chi connectivity index (χ3n) is 1.63. The van der Waals surface area contributed by atoms with Gasteiger partial charge in [0.05, 0.1) is 4.88 Å². The molecule has 1 aromatic heterocycles. The van der Waals surface area contributed by atoms with Gasteiger partial charge in [0, 0.05) is 0 Å². The van der Waals surface area contributed by atoms with Gasteiger partial charge in [-0.1, -0.05) is 0 Å². The molecule has 0 radical (unpaired) electrons. The topological polar surface area (TPSA) is 23.5 Å². The van der Waals surface area contributed by atoms with Crippen LogP contribution in [0, 0.1) is 6.92 Å². The molecule has 0 amide bonds. The lowest BCUT2D eigenvalue weighted by Crippen LogP contribution is -2.18. The van der Waals surface area contributed by atoms with Crippen molar-refractivity contribution in [3.05, 3.63) is 21.9 Å². The quantitative estimate of drug-likeness (QED) is 0.683. The van der Waals surface area contributed by atoms with Crippen LogP contribution >= 0.6 is 11.3 Å². The van der Waals surface area contributed by atoms with Crippen LogP contribution in [0.4, 0.5) is 0 Å². The van der Waals surface area contributed by atoms with Gasteiger partial charge in [-0.05, 0) is 38.0 Å². The van der Waals surface area contributed by atoms with Gasteiger partial charge in [0.2, 0.25) is 0 Å². The molecule has 1 unspecified atom stereocenters. The number of hydrogen-bond donors (Lipinski definition) is 1. The fourth-order valence-corrected chi connectivity index (χ4v) is 1.89. The van der Waals surface area contributed by atoms with Gasteiger partial charge >= 0.3 is 0 Å². The molecule has 0 spiro atoms. The molecule has 3 heteroatoms. The molecule has 0 fully saturated rings. The van der Waals surface area contributed by atoms with E-state index < -0.39 is 6.23 Å². The van der Waals surface area contributed by atoms with E-state index in [1.54, 1.807) is 16.2 Å². The fraction of sp³-hybridized carbons (Fsp3) is 0.500. The first-order chi connectivity index (χ1) is 5.13. The first-order valence-corrected chi connectivity index (χ1v) is 4.39. The highest BCUT2D eigenvalue weighted by atomic mass is 32.1. The highest BCUT2D eigenvalue weighted by Crippen LogP contribution is 2.24. The molecule has 1 heterocycles. The average molecular weight is 171 g/mol. The first kappa shape index (κ1) is 8.71. The number of rotatable bonds is 2. The Kier molecular flexibility index (Phi) is 2.65. The lowest BCUT2D eigenvalue weighted by Gasteiger charge is -2.17. The number of thiophene rings is 1. The maximum absolute atomic E-state index is 9.60. The molecule has 1 aromatic rings. The van der Waals surface area contributed by atoms with Gasteiger partial charge in [0.1, 0.15) is 6.23 Å². The summed E-state index contributed by atoms with van der Waals surface area (Å²) >= 11 is 1.59. The number of hydrogen-bond acceptors (Lipinski definition) is 3. The summed E-state index contributed by atoms with van der Waals surface area (Å²) in [6.07, 6.45) is -0.449. The maximum atomic E-state index is 9.60. The van der Waals surface area contributed by atoms with Crippen LogP contribution in [0.3, 0.4) is 0 Å². The van der Waals surface area contributed by atoms with E-state index in [0.29, 0.717) is 0 Å².